The van der Waals surface area contributed by atoms with Crippen molar-refractivity contribution < 1.29 is 18.8 Å². The number of rotatable bonds is 4. The zero-order chi connectivity index (χ0) is 13.5. The van der Waals surface area contributed by atoms with Gasteiger partial charge in [0, 0.05) is 12.0 Å². The molecule has 0 spiro atoms. The first-order chi connectivity index (χ1) is 9.29. The second-order valence-electron chi connectivity index (χ2n) is 3.74. The number of nitrogens with zero attached hydrogens (tertiary/aromatic N) is 1. The molecular formula is C14H12FNO3. The Morgan fingerprint density at radius 3 is 3.05 bits per heavy atom. The van der Waals surface area contributed by atoms with Gasteiger partial charge >= 0.3 is 0 Å². The van der Waals surface area contributed by atoms with Crippen LogP contribution in [0.15, 0.2) is 35.2 Å². The normalized spacial score (nSPS) is 9.79. The summed E-state index contributed by atoms with van der Waals surface area (Å²) in [4.78, 5) is 0. The van der Waals surface area contributed by atoms with Crippen molar-refractivity contribution in [2.45, 2.75) is 13.0 Å². The molecule has 19 heavy (non-hydrogen) atoms. The molecule has 0 atom stereocenters. The molecule has 1 aromatic heterocycles. The van der Waals surface area contributed by atoms with Gasteiger partial charge in [-0.05, 0) is 18.2 Å². The fourth-order valence-electron chi connectivity index (χ4n) is 1.40. The van der Waals surface area contributed by atoms with Crippen LogP contribution in [-0.4, -0.2) is 16.9 Å². The van der Waals surface area contributed by atoms with Gasteiger partial charge in [0.1, 0.15) is 24.4 Å². The Morgan fingerprint density at radius 2 is 2.32 bits per heavy atom. The van der Waals surface area contributed by atoms with E-state index in [0.29, 0.717) is 17.7 Å². The predicted molar refractivity (Wildman–Crippen MR) is 65.8 cm³/mol. The van der Waals surface area contributed by atoms with Gasteiger partial charge in [0.2, 0.25) is 0 Å². The lowest BCUT2D eigenvalue weighted by molar-refractivity contribution is 0.302. The number of hydrogen-bond donors (Lipinski definition) is 1. The van der Waals surface area contributed by atoms with Crippen LogP contribution in [0.2, 0.25) is 0 Å². The Labute approximate surface area is 109 Å². The van der Waals surface area contributed by atoms with Crippen molar-refractivity contribution in [3.05, 3.63) is 47.6 Å². The van der Waals surface area contributed by atoms with Gasteiger partial charge < -0.3 is 14.4 Å². The Morgan fingerprint density at radius 1 is 1.42 bits per heavy atom. The third-order valence-corrected chi connectivity index (χ3v) is 2.28. The number of aliphatic hydroxyl groups excluding tert-OH is 1. The minimum absolute atomic E-state index is 0.0286. The van der Waals surface area contributed by atoms with Gasteiger partial charge in [-0.2, -0.15) is 0 Å². The van der Waals surface area contributed by atoms with Crippen LogP contribution >= 0.6 is 0 Å². The van der Waals surface area contributed by atoms with Crippen molar-refractivity contribution >= 4 is 0 Å². The van der Waals surface area contributed by atoms with Gasteiger partial charge in [-0.25, -0.2) is 4.39 Å². The third kappa shape index (κ3) is 3.83. The van der Waals surface area contributed by atoms with Gasteiger partial charge in [0.25, 0.3) is 0 Å². The number of aromatic nitrogens is 1. The molecule has 0 unspecified atom stereocenters. The molecule has 4 nitrogen and oxygen atoms in total. The summed E-state index contributed by atoms with van der Waals surface area (Å²) in [7, 11) is 0. The summed E-state index contributed by atoms with van der Waals surface area (Å²) >= 11 is 0. The third-order valence-electron chi connectivity index (χ3n) is 2.28. The van der Waals surface area contributed by atoms with Crippen molar-refractivity contribution in [2.75, 3.05) is 6.61 Å². The van der Waals surface area contributed by atoms with E-state index >= 15 is 0 Å². The predicted octanol–water partition coefficient (Wildman–Crippen LogP) is 2.13. The first-order valence-corrected chi connectivity index (χ1v) is 5.70. The molecule has 2 aromatic rings. The number of halogens is 1. The Hall–Kier alpha value is -2.32. The summed E-state index contributed by atoms with van der Waals surface area (Å²) in [5.41, 5.74) is 1.23. The fraction of sp³-hybridized carbons (Fsp3) is 0.214. The van der Waals surface area contributed by atoms with Crippen LogP contribution in [-0.2, 0) is 6.61 Å². The maximum atomic E-state index is 13.2. The van der Waals surface area contributed by atoms with Crippen LogP contribution in [0, 0.1) is 17.7 Å². The average Bonchev–Trinajstić information content (AvgIpc) is 2.91. The number of aliphatic hydroxyl groups is 1. The largest absolute Gasteiger partial charge is 0.487 e. The monoisotopic (exact) mass is 261 g/mol. The molecule has 1 heterocycles. The minimum Gasteiger partial charge on any atom is -0.487 e. The average molecular weight is 261 g/mol. The summed E-state index contributed by atoms with van der Waals surface area (Å²) < 4.78 is 23.4. The van der Waals surface area contributed by atoms with Crippen LogP contribution in [0.4, 0.5) is 4.39 Å². The van der Waals surface area contributed by atoms with Crippen molar-refractivity contribution in [3.63, 3.8) is 0 Å². The number of benzene rings is 1. The fourth-order valence-corrected chi connectivity index (χ4v) is 1.40. The van der Waals surface area contributed by atoms with E-state index in [1.54, 1.807) is 6.20 Å². The SMILES string of the molecule is OCCC#Cc1cc(F)ccc1OCc1cnoc1. The van der Waals surface area contributed by atoms with E-state index in [2.05, 4.69) is 21.5 Å². The van der Waals surface area contributed by atoms with E-state index in [9.17, 15) is 4.39 Å². The molecule has 0 saturated heterocycles. The molecule has 0 bridgehead atoms. The second-order valence-corrected chi connectivity index (χ2v) is 3.74. The summed E-state index contributed by atoms with van der Waals surface area (Å²) in [6, 6.07) is 4.12. The van der Waals surface area contributed by atoms with Crippen molar-refractivity contribution in [1.82, 2.24) is 5.16 Å². The zero-order valence-electron chi connectivity index (χ0n) is 10.1. The summed E-state index contributed by atoms with van der Waals surface area (Å²) in [5.74, 6) is 5.60. The smallest absolute Gasteiger partial charge is 0.135 e. The summed E-state index contributed by atoms with van der Waals surface area (Å²) in [6.45, 7) is 0.239. The van der Waals surface area contributed by atoms with Crippen LogP contribution in [0.3, 0.4) is 0 Å². The number of hydrogen-bond acceptors (Lipinski definition) is 4. The maximum Gasteiger partial charge on any atom is 0.135 e. The quantitative estimate of drug-likeness (QED) is 0.856. The topological polar surface area (TPSA) is 55.5 Å². The molecule has 1 N–H and O–H groups in total. The molecule has 0 radical (unpaired) electrons. The van der Waals surface area contributed by atoms with Crippen LogP contribution in [0.5, 0.6) is 5.75 Å². The maximum absolute atomic E-state index is 13.2. The van der Waals surface area contributed by atoms with Crippen molar-refractivity contribution in [3.8, 4) is 17.6 Å². The molecule has 0 fully saturated rings. The highest BCUT2D eigenvalue weighted by molar-refractivity contribution is 5.46. The lowest BCUT2D eigenvalue weighted by Gasteiger charge is -2.06. The highest BCUT2D eigenvalue weighted by atomic mass is 19.1. The molecular weight excluding hydrogens is 249 g/mol. The molecule has 0 amide bonds. The van der Waals surface area contributed by atoms with E-state index in [1.165, 1.54) is 24.5 Å². The van der Waals surface area contributed by atoms with Gasteiger partial charge in [-0.1, -0.05) is 17.0 Å². The van der Waals surface area contributed by atoms with E-state index in [4.69, 9.17) is 9.84 Å². The van der Waals surface area contributed by atoms with E-state index in [0.717, 1.165) is 5.56 Å². The van der Waals surface area contributed by atoms with E-state index in [1.807, 2.05) is 0 Å². The Balaban J connectivity index is 2.12. The lowest BCUT2D eigenvalue weighted by atomic mass is 10.2. The molecule has 1 aromatic carbocycles. The molecule has 0 aliphatic rings. The Bertz CT molecular complexity index is 584. The first-order valence-electron chi connectivity index (χ1n) is 5.70. The highest BCUT2D eigenvalue weighted by Crippen LogP contribution is 2.20. The van der Waals surface area contributed by atoms with Gasteiger partial charge in [0.15, 0.2) is 0 Å². The molecule has 0 aliphatic heterocycles. The van der Waals surface area contributed by atoms with Crippen molar-refractivity contribution in [2.24, 2.45) is 0 Å². The zero-order valence-corrected chi connectivity index (χ0v) is 10.1. The molecule has 98 valence electrons. The second kappa shape index (κ2) is 6.57. The lowest BCUT2D eigenvalue weighted by Crippen LogP contribution is -1.96. The van der Waals surface area contributed by atoms with Gasteiger partial charge in [0.05, 0.1) is 18.4 Å². The highest BCUT2D eigenvalue weighted by Gasteiger charge is 2.04. The van der Waals surface area contributed by atoms with E-state index < -0.39 is 0 Å². The van der Waals surface area contributed by atoms with Crippen LogP contribution in [0.25, 0.3) is 0 Å². The summed E-state index contributed by atoms with van der Waals surface area (Å²) in [6.07, 6.45) is 3.35. The van der Waals surface area contributed by atoms with Gasteiger partial charge in [-0.15, -0.1) is 0 Å². The standard InChI is InChI=1S/C14H12FNO3/c15-13-4-5-14(12(7-13)3-1-2-6-17)18-9-11-8-16-19-10-11/h4-5,7-8,10,17H,2,6,9H2. The molecule has 5 heteroatoms. The van der Waals surface area contributed by atoms with Gasteiger partial charge in [-0.3, -0.25) is 0 Å². The first kappa shape index (κ1) is 13.1. The van der Waals surface area contributed by atoms with Crippen LogP contribution in [0.1, 0.15) is 17.5 Å². The molecule has 0 saturated carbocycles. The summed E-state index contributed by atoms with van der Waals surface area (Å²) in [5, 5.41) is 12.2. The van der Waals surface area contributed by atoms with Crippen molar-refractivity contribution in [1.29, 1.82) is 0 Å². The van der Waals surface area contributed by atoms with E-state index in [-0.39, 0.29) is 19.0 Å². The van der Waals surface area contributed by atoms with Crippen LogP contribution < -0.4 is 4.74 Å². The number of ether oxygens (including phenoxy) is 1. The molecule has 2 rings (SSSR count). The molecule has 0 aliphatic carbocycles. The minimum atomic E-state index is -0.384. The Kier molecular flexibility index (Phi) is 4.54.